The van der Waals surface area contributed by atoms with Gasteiger partial charge < -0.3 is 0 Å². The Morgan fingerprint density at radius 2 is 1.52 bits per heavy atom. The molecular weight excluding hydrogens is 276 g/mol. The number of halogens is 1. The smallest absolute Gasteiger partial charge is 0.0412 e. The van der Waals surface area contributed by atoms with E-state index in [1.54, 1.807) is 0 Å². The fourth-order valence-corrected chi connectivity index (χ4v) is 3.82. The van der Waals surface area contributed by atoms with Gasteiger partial charge in [0.05, 0.1) is 0 Å². The zero-order chi connectivity index (χ0) is 15.3. The average molecular weight is 299 g/mol. The second kappa shape index (κ2) is 4.88. The number of hydrogen-bond donors (Lipinski definition) is 0. The van der Waals surface area contributed by atoms with E-state index in [9.17, 15) is 0 Å². The summed E-state index contributed by atoms with van der Waals surface area (Å²) in [5.74, 6) is 0. The van der Waals surface area contributed by atoms with Crippen LogP contribution in [0.25, 0.3) is 11.1 Å². The molecule has 0 heterocycles. The first-order chi connectivity index (χ1) is 9.81. The van der Waals surface area contributed by atoms with Crippen LogP contribution in [0.4, 0.5) is 0 Å². The third-order valence-corrected chi connectivity index (χ3v) is 5.22. The van der Waals surface area contributed by atoms with E-state index in [-0.39, 0.29) is 10.8 Å². The molecule has 0 aromatic heterocycles. The van der Waals surface area contributed by atoms with Crippen molar-refractivity contribution in [2.75, 3.05) is 0 Å². The molecular formula is C20H23Cl. The van der Waals surface area contributed by atoms with E-state index >= 15 is 0 Å². The zero-order valence-electron chi connectivity index (χ0n) is 13.3. The SMILES string of the molecule is CC1(C)CCC(C)(C)c2c(-c3cccc(Cl)c3)cccc21. The van der Waals surface area contributed by atoms with Crippen LogP contribution in [-0.4, -0.2) is 0 Å². The summed E-state index contributed by atoms with van der Waals surface area (Å²) in [4.78, 5) is 0. The molecule has 2 aromatic carbocycles. The lowest BCUT2D eigenvalue weighted by Crippen LogP contribution is -2.34. The Bertz CT molecular complexity index is 680. The molecule has 0 nitrogen and oxygen atoms in total. The van der Waals surface area contributed by atoms with Gasteiger partial charge in [-0.2, -0.15) is 0 Å². The number of fused-ring (bicyclic) bond motifs is 1. The third kappa shape index (κ3) is 2.51. The molecule has 0 saturated carbocycles. The van der Waals surface area contributed by atoms with Crippen molar-refractivity contribution in [3.63, 3.8) is 0 Å². The number of rotatable bonds is 1. The maximum atomic E-state index is 6.21. The standard InChI is InChI=1S/C20H23Cl/c1-19(2)11-12-20(3,4)18-16(9-6-10-17(18)19)14-7-5-8-15(21)13-14/h5-10,13H,11-12H2,1-4H3. The molecule has 0 aliphatic heterocycles. The largest absolute Gasteiger partial charge is 0.0843 e. The van der Waals surface area contributed by atoms with Gasteiger partial charge in [0.15, 0.2) is 0 Å². The molecule has 110 valence electrons. The molecule has 0 radical (unpaired) electrons. The van der Waals surface area contributed by atoms with Gasteiger partial charge in [-0.25, -0.2) is 0 Å². The Morgan fingerprint density at radius 1 is 0.857 bits per heavy atom. The van der Waals surface area contributed by atoms with Crippen LogP contribution < -0.4 is 0 Å². The van der Waals surface area contributed by atoms with Crippen molar-refractivity contribution >= 4 is 11.6 Å². The minimum Gasteiger partial charge on any atom is -0.0843 e. The maximum absolute atomic E-state index is 6.21. The molecule has 21 heavy (non-hydrogen) atoms. The monoisotopic (exact) mass is 298 g/mol. The summed E-state index contributed by atoms with van der Waals surface area (Å²) in [5, 5.41) is 0.804. The van der Waals surface area contributed by atoms with Crippen LogP contribution in [0.3, 0.4) is 0 Å². The molecule has 2 aromatic rings. The fraction of sp³-hybridized carbons (Fsp3) is 0.400. The Hall–Kier alpha value is -1.27. The normalized spacial score (nSPS) is 19.1. The van der Waals surface area contributed by atoms with Crippen LogP contribution in [0.15, 0.2) is 42.5 Å². The van der Waals surface area contributed by atoms with Crippen molar-refractivity contribution < 1.29 is 0 Å². The summed E-state index contributed by atoms with van der Waals surface area (Å²) in [5.41, 5.74) is 6.03. The summed E-state index contributed by atoms with van der Waals surface area (Å²) in [6, 6.07) is 15.0. The topological polar surface area (TPSA) is 0 Å². The molecule has 3 rings (SSSR count). The average Bonchev–Trinajstić information content (AvgIpc) is 2.43. The van der Waals surface area contributed by atoms with Crippen molar-refractivity contribution in [1.29, 1.82) is 0 Å². The predicted octanol–water partition coefficient (Wildman–Crippen LogP) is 6.36. The van der Waals surface area contributed by atoms with Gasteiger partial charge in [0.25, 0.3) is 0 Å². The summed E-state index contributed by atoms with van der Waals surface area (Å²) >= 11 is 6.21. The van der Waals surface area contributed by atoms with Crippen LogP contribution in [0.1, 0.15) is 51.7 Å². The molecule has 0 saturated heterocycles. The molecule has 0 fully saturated rings. The summed E-state index contributed by atoms with van der Waals surface area (Å²) in [7, 11) is 0. The second-order valence-electron chi connectivity index (χ2n) is 7.51. The van der Waals surface area contributed by atoms with Crippen molar-refractivity contribution in [3.8, 4) is 11.1 Å². The van der Waals surface area contributed by atoms with Gasteiger partial charge in [-0.05, 0) is 58.1 Å². The van der Waals surface area contributed by atoms with Gasteiger partial charge in [-0.15, -0.1) is 0 Å². The first kappa shape index (κ1) is 14.7. The van der Waals surface area contributed by atoms with Crippen molar-refractivity contribution in [1.82, 2.24) is 0 Å². The lowest BCUT2D eigenvalue weighted by atomic mass is 9.61. The highest BCUT2D eigenvalue weighted by atomic mass is 35.5. The highest BCUT2D eigenvalue weighted by Gasteiger charge is 2.38. The second-order valence-corrected chi connectivity index (χ2v) is 7.94. The molecule has 0 atom stereocenters. The minimum absolute atomic E-state index is 0.212. The Kier molecular flexibility index (Phi) is 3.41. The molecule has 0 bridgehead atoms. The zero-order valence-corrected chi connectivity index (χ0v) is 14.1. The van der Waals surface area contributed by atoms with E-state index in [1.807, 2.05) is 12.1 Å². The van der Waals surface area contributed by atoms with E-state index < -0.39 is 0 Å². The Balaban J connectivity index is 2.29. The van der Waals surface area contributed by atoms with E-state index in [4.69, 9.17) is 11.6 Å². The quantitative estimate of drug-likeness (QED) is 0.575. The molecule has 0 unspecified atom stereocenters. The maximum Gasteiger partial charge on any atom is 0.0412 e. The molecule has 1 heteroatoms. The third-order valence-electron chi connectivity index (χ3n) is 4.98. The summed E-state index contributed by atoms with van der Waals surface area (Å²) < 4.78 is 0. The summed E-state index contributed by atoms with van der Waals surface area (Å²) in [6.45, 7) is 9.47. The highest BCUT2D eigenvalue weighted by molar-refractivity contribution is 6.30. The van der Waals surface area contributed by atoms with Gasteiger partial charge in [0.2, 0.25) is 0 Å². The van der Waals surface area contributed by atoms with E-state index in [2.05, 4.69) is 58.0 Å². The number of hydrogen-bond acceptors (Lipinski definition) is 0. The minimum atomic E-state index is 0.212. The van der Waals surface area contributed by atoms with E-state index in [0.717, 1.165) is 5.02 Å². The molecule has 0 N–H and O–H groups in total. The first-order valence-electron chi connectivity index (χ1n) is 7.71. The van der Waals surface area contributed by atoms with Crippen LogP contribution >= 0.6 is 11.6 Å². The molecule has 1 aliphatic carbocycles. The Morgan fingerprint density at radius 3 is 2.24 bits per heavy atom. The van der Waals surface area contributed by atoms with Crippen LogP contribution in [-0.2, 0) is 10.8 Å². The van der Waals surface area contributed by atoms with Crippen molar-refractivity contribution in [2.45, 2.75) is 51.4 Å². The highest BCUT2D eigenvalue weighted by Crippen LogP contribution is 2.49. The number of benzene rings is 2. The van der Waals surface area contributed by atoms with Crippen molar-refractivity contribution in [2.24, 2.45) is 0 Å². The van der Waals surface area contributed by atoms with Crippen LogP contribution in [0, 0.1) is 0 Å². The van der Waals surface area contributed by atoms with Gasteiger partial charge in [-0.3, -0.25) is 0 Å². The molecule has 1 aliphatic rings. The van der Waals surface area contributed by atoms with E-state index in [1.165, 1.54) is 35.1 Å². The molecule has 0 amide bonds. The van der Waals surface area contributed by atoms with E-state index in [0.29, 0.717) is 0 Å². The lowest BCUT2D eigenvalue weighted by Gasteiger charge is -2.43. The van der Waals surface area contributed by atoms with Crippen LogP contribution in [0.5, 0.6) is 0 Å². The van der Waals surface area contributed by atoms with Crippen LogP contribution in [0.2, 0.25) is 5.02 Å². The van der Waals surface area contributed by atoms with Gasteiger partial charge in [-0.1, -0.05) is 69.6 Å². The Labute approximate surface area is 133 Å². The molecule has 0 spiro atoms. The van der Waals surface area contributed by atoms with Gasteiger partial charge >= 0.3 is 0 Å². The predicted molar refractivity (Wildman–Crippen MR) is 92.2 cm³/mol. The van der Waals surface area contributed by atoms with Gasteiger partial charge in [0, 0.05) is 5.02 Å². The lowest BCUT2D eigenvalue weighted by molar-refractivity contribution is 0.333. The van der Waals surface area contributed by atoms with Crippen molar-refractivity contribution in [3.05, 3.63) is 58.6 Å². The summed E-state index contributed by atoms with van der Waals surface area (Å²) in [6.07, 6.45) is 2.47. The fourth-order valence-electron chi connectivity index (χ4n) is 3.63. The van der Waals surface area contributed by atoms with Gasteiger partial charge in [0.1, 0.15) is 0 Å². The first-order valence-corrected chi connectivity index (χ1v) is 8.09.